The number of amides is 1. The van der Waals surface area contributed by atoms with E-state index in [9.17, 15) is 23.4 Å². The number of aliphatic hydroxyl groups is 2. The van der Waals surface area contributed by atoms with Gasteiger partial charge in [0.05, 0.1) is 18.8 Å². The molecular weight excluding hydrogens is 288 g/mol. The Kier molecular flexibility index (Phi) is 4.65. The van der Waals surface area contributed by atoms with Crippen LogP contribution in [0.4, 0.5) is 0 Å². The maximum atomic E-state index is 11.6. The molecular formula is C11H20N2O6S. The highest BCUT2D eigenvalue weighted by molar-refractivity contribution is 7.88. The normalized spacial score (nSPS) is 34.1. The first-order valence-electron chi connectivity index (χ1n) is 6.52. The quantitative estimate of drug-likeness (QED) is 0.437. The fraction of sp³-hybridized carbons (Fsp3) is 0.909. The molecule has 0 aromatic heterocycles. The second kappa shape index (κ2) is 5.94. The van der Waals surface area contributed by atoms with Crippen LogP contribution in [-0.4, -0.2) is 67.8 Å². The van der Waals surface area contributed by atoms with Crippen LogP contribution >= 0.6 is 0 Å². The Labute approximate surface area is 117 Å². The Morgan fingerprint density at radius 1 is 1.25 bits per heavy atom. The third-order valence-electron chi connectivity index (χ3n) is 3.34. The van der Waals surface area contributed by atoms with Gasteiger partial charge < -0.3 is 20.3 Å². The van der Waals surface area contributed by atoms with Crippen LogP contribution in [0.25, 0.3) is 0 Å². The highest BCUT2D eigenvalue weighted by atomic mass is 32.2. The van der Waals surface area contributed by atoms with Gasteiger partial charge in [-0.25, -0.2) is 13.1 Å². The van der Waals surface area contributed by atoms with Gasteiger partial charge in [-0.05, 0) is 12.8 Å². The lowest BCUT2D eigenvalue weighted by Gasteiger charge is -2.14. The zero-order valence-electron chi connectivity index (χ0n) is 11.2. The standard InChI is InChI=1S/C11H20N2O6S/c1-20(17,18)12-5-8-11(16)10(15)7(19-8)4-9(14)13-6-2-3-6/h6-8,10-12,15-16H,2-5H2,1H3,(H,13,14)/t7-,8+,10-,11+/m0/s1. The van der Waals surface area contributed by atoms with E-state index in [0.717, 1.165) is 19.1 Å². The molecule has 0 aromatic rings. The van der Waals surface area contributed by atoms with Crippen molar-refractivity contribution in [1.29, 1.82) is 0 Å². The number of rotatable bonds is 6. The number of nitrogens with one attached hydrogen (secondary N) is 2. The number of sulfonamides is 1. The summed E-state index contributed by atoms with van der Waals surface area (Å²) >= 11 is 0. The molecule has 1 aliphatic carbocycles. The maximum absolute atomic E-state index is 11.6. The van der Waals surface area contributed by atoms with E-state index in [1.54, 1.807) is 0 Å². The molecule has 8 nitrogen and oxygen atoms in total. The number of carbonyl (C=O) groups is 1. The van der Waals surface area contributed by atoms with Crippen molar-refractivity contribution in [2.75, 3.05) is 12.8 Å². The van der Waals surface area contributed by atoms with E-state index in [-0.39, 0.29) is 24.9 Å². The largest absolute Gasteiger partial charge is 0.388 e. The molecule has 0 bridgehead atoms. The lowest BCUT2D eigenvalue weighted by Crippen LogP contribution is -2.39. The highest BCUT2D eigenvalue weighted by Crippen LogP contribution is 2.24. The smallest absolute Gasteiger partial charge is 0.222 e. The minimum Gasteiger partial charge on any atom is -0.388 e. The first-order valence-corrected chi connectivity index (χ1v) is 8.41. The molecule has 2 rings (SSSR count). The first-order chi connectivity index (χ1) is 9.26. The van der Waals surface area contributed by atoms with Crippen molar-refractivity contribution >= 4 is 15.9 Å². The molecule has 0 radical (unpaired) electrons. The molecule has 9 heteroatoms. The van der Waals surface area contributed by atoms with Crippen molar-refractivity contribution in [3.05, 3.63) is 0 Å². The van der Waals surface area contributed by atoms with Crippen LogP contribution in [-0.2, 0) is 19.6 Å². The van der Waals surface area contributed by atoms with E-state index in [1.165, 1.54) is 0 Å². The Morgan fingerprint density at radius 2 is 1.85 bits per heavy atom. The molecule has 1 saturated heterocycles. The van der Waals surface area contributed by atoms with Crippen molar-refractivity contribution in [2.45, 2.75) is 49.7 Å². The Balaban J connectivity index is 1.83. The monoisotopic (exact) mass is 308 g/mol. The van der Waals surface area contributed by atoms with Crippen LogP contribution in [0.15, 0.2) is 0 Å². The van der Waals surface area contributed by atoms with Gasteiger partial charge >= 0.3 is 0 Å². The second-order valence-corrected chi connectivity index (χ2v) is 7.19. The molecule has 0 unspecified atom stereocenters. The average Bonchev–Trinajstić information content (AvgIpc) is 3.09. The van der Waals surface area contributed by atoms with E-state index in [4.69, 9.17) is 4.74 Å². The van der Waals surface area contributed by atoms with Crippen molar-refractivity contribution in [1.82, 2.24) is 10.0 Å². The van der Waals surface area contributed by atoms with Gasteiger partial charge in [0, 0.05) is 12.6 Å². The minimum atomic E-state index is -3.40. The number of hydrogen-bond donors (Lipinski definition) is 4. The Hall–Kier alpha value is -0.740. The lowest BCUT2D eigenvalue weighted by atomic mass is 10.1. The van der Waals surface area contributed by atoms with E-state index in [2.05, 4.69) is 10.0 Å². The maximum Gasteiger partial charge on any atom is 0.222 e. The van der Waals surface area contributed by atoms with Gasteiger partial charge in [-0.2, -0.15) is 0 Å². The van der Waals surface area contributed by atoms with Gasteiger partial charge in [0.15, 0.2) is 0 Å². The number of ether oxygens (including phenoxy) is 1. The van der Waals surface area contributed by atoms with E-state index in [0.29, 0.717) is 0 Å². The summed E-state index contributed by atoms with van der Waals surface area (Å²) in [6.45, 7) is -0.141. The van der Waals surface area contributed by atoms with Crippen LogP contribution in [0.3, 0.4) is 0 Å². The Bertz CT molecular complexity index is 464. The molecule has 1 heterocycles. The lowest BCUT2D eigenvalue weighted by molar-refractivity contribution is -0.125. The summed E-state index contributed by atoms with van der Waals surface area (Å²) in [5.41, 5.74) is 0. The summed E-state index contributed by atoms with van der Waals surface area (Å²) < 4.78 is 29.6. The average molecular weight is 308 g/mol. The molecule has 4 atom stereocenters. The molecule has 2 fully saturated rings. The molecule has 20 heavy (non-hydrogen) atoms. The number of carbonyl (C=O) groups excluding carboxylic acids is 1. The fourth-order valence-corrected chi connectivity index (χ4v) is 2.56. The molecule has 0 aromatic carbocycles. The van der Waals surface area contributed by atoms with Crippen molar-refractivity contribution < 1.29 is 28.2 Å². The zero-order valence-corrected chi connectivity index (χ0v) is 12.0. The van der Waals surface area contributed by atoms with Gasteiger partial charge in [0.1, 0.15) is 18.3 Å². The van der Waals surface area contributed by atoms with Crippen LogP contribution in [0.2, 0.25) is 0 Å². The summed E-state index contributed by atoms with van der Waals surface area (Å²) in [5.74, 6) is -0.236. The number of hydrogen-bond acceptors (Lipinski definition) is 6. The third-order valence-corrected chi connectivity index (χ3v) is 4.03. The summed E-state index contributed by atoms with van der Waals surface area (Å²) in [5, 5.41) is 22.4. The predicted molar refractivity (Wildman–Crippen MR) is 69.3 cm³/mol. The van der Waals surface area contributed by atoms with Crippen LogP contribution in [0.5, 0.6) is 0 Å². The van der Waals surface area contributed by atoms with Crippen LogP contribution < -0.4 is 10.0 Å². The fourth-order valence-electron chi connectivity index (χ4n) is 2.09. The van der Waals surface area contributed by atoms with Gasteiger partial charge in [-0.1, -0.05) is 0 Å². The van der Waals surface area contributed by atoms with Crippen LogP contribution in [0, 0.1) is 0 Å². The summed E-state index contributed by atoms with van der Waals surface area (Å²) in [7, 11) is -3.40. The molecule has 4 N–H and O–H groups in total. The summed E-state index contributed by atoms with van der Waals surface area (Å²) in [6, 6.07) is 0.216. The van der Waals surface area contributed by atoms with Gasteiger partial charge in [-0.3, -0.25) is 4.79 Å². The van der Waals surface area contributed by atoms with E-state index in [1.807, 2.05) is 0 Å². The van der Waals surface area contributed by atoms with Gasteiger partial charge in [0.2, 0.25) is 15.9 Å². The molecule has 2 aliphatic rings. The molecule has 1 aliphatic heterocycles. The summed E-state index contributed by atoms with van der Waals surface area (Å²) in [4.78, 5) is 11.6. The molecule has 116 valence electrons. The van der Waals surface area contributed by atoms with Crippen LogP contribution in [0.1, 0.15) is 19.3 Å². The SMILES string of the molecule is CS(=O)(=O)NC[C@H]1O[C@@H](CC(=O)NC2CC2)[C@H](O)[C@@H]1O. The second-order valence-electron chi connectivity index (χ2n) is 5.36. The molecule has 1 saturated carbocycles. The number of aliphatic hydroxyl groups excluding tert-OH is 2. The molecule has 1 amide bonds. The van der Waals surface area contributed by atoms with Gasteiger partial charge in [-0.15, -0.1) is 0 Å². The Morgan fingerprint density at radius 3 is 2.40 bits per heavy atom. The van der Waals surface area contributed by atoms with Crippen molar-refractivity contribution in [3.8, 4) is 0 Å². The topological polar surface area (TPSA) is 125 Å². The van der Waals surface area contributed by atoms with E-state index < -0.39 is 34.4 Å². The third kappa shape index (κ3) is 4.38. The van der Waals surface area contributed by atoms with Gasteiger partial charge in [0.25, 0.3) is 0 Å². The van der Waals surface area contributed by atoms with Crippen molar-refractivity contribution in [2.24, 2.45) is 0 Å². The minimum absolute atomic E-state index is 0.0515. The van der Waals surface area contributed by atoms with E-state index >= 15 is 0 Å². The predicted octanol–water partition coefficient (Wildman–Crippen LogP) is -2.31. The molecule has 0 spiro atoms. The van der Waals surface area contributed by atoms with Crippen molar-refractivity contribution in [3.63, 3.8) is 0 Å². The highest BCUT2D eigenvalue weighted by Gasteiger charge is 2.43. The summed E-state index contributed by atoms with van der Waals surface area (Å²) in [6.07, 6.45) is -1.25. The first kappa shape index (κ1) is 15.6. The zero-order chi connectivity index (χ0) is 14.9.